The Labute approximate surface area is 230 Å². The fourth-order valence-corrected chi connectivity index (χ4v) is 6.92. The van der Waals surface area contributed by atoms with Gasteiger partial charge in [0.2, 0.25) is 11.7 Å². The zero-order chi connectivity index (χ0) is 28.3. The highest BCUT2D eigenvalue weighted by Crippen LogP contribution is 2.53. The van der Waals surface area contributed by atoms with Crippen LogP contribution in [0.4, 0.5) is 5.69 Å². The first-order valence-electron chi connectivity index (χ1n) is 12.5. The maximum absolute atomic E-state index is 13.2. The Balaban J connectivity index is 1.46. The van der Waals surface area contributed by atoms with Crippen LogP contribution in [0.5, 0.6) is 0 Å². The van der Waals surface area contributed by atoms with Crippen molar-refractivity contribution in [2.24, 2.45) is 11.8 Å². The van der Waals surface area contributed by atoms with Crippen molar-refractivity contribution in [1.82, 2.24) is 14.3 Å². The molecule has 40 heavy (non-hydrogen) atoms. The van der Waals surface area contributed by atoms with E-state index in [0.29, 0.717) is 26.4 Å². The monoisotopic (exact) mass is 558 g/mol. The zero-order valence-corrected chi connectivity index (χ0v) is 21.8. The summed E-state index contributed by atoms with van der Waals surface area (Å²) in [7, 11) is 0. The van der Waals surface area contributed by atoms with E-state index in [0.717, 1.165) is 0 Å². The Morgan fingerprint density at radius 3 is 2.48 bits per heavy atom. The number of β-lactam (4-membered cyclic amide) rings is 1. The van der Waals surface area contributed by atoms with Crippen LogP contribution in [-0.2, 0) is 16.0 Å². The van der Waals surface area contributed by atoms with Crippen LogP contribution >= 0.6 is 11.3 Å². The second-order valence-electron chi connectivity index (χ2n) is 9.86. The van der Waals surface area contributed by atoms with Crippen LogP contribution in [0.3, 0.4) is 0 Å². The molecule has 6 rings (SSSR count). The van der Waals surface area contributed by atoms with Crippen molar-refractivity contribution in [2.45, 2.75) is 25.5 Å². The van der Waals surface area contributed by atoms with E-state index in [1.54, 1.807) is 53.1 Å². The van der Waals surface area contributed by atoms with Crippen molar-refractivity contribution >= 4 is 45.1 Å². The second-order valence-corrected chi connectivity index (χ2v) is 10.9. The van der Waals surface area contributed by atoms with Gasteiger partial charge in [-0.2, -0.15) is 0 Å². The number of fused-ring (bicyclic) bond motifs is 2. The van der Waals surface area contributed by atoms with Gasteiger partial charge in [0.05, 0.1) is 27.9 Å². The summed E-state index contributed by atoms with van der Waals surface area (Å²) in [4.78, 5) is 56.0. The molecule has 0 radical (unpaired) electrons. The normalized spacial score (nSPS) is 20.9. The number of carbonyl (C=O) groups is 3. The number of carboxylic acids is 1. The Bertz CT molecular complexity index is 1720. The number of non-ortho nitro benzene ring substituents is 1. The quantitative estimate of drug-likeness (QED) is 0.144. The van der Waals surface area contributed by atoms with E-state index in [9.17, 15) is 34.7 Å². The third-order valence-corrected chi connectivity index (χ3v) is 8.66. The lowest BCUT2D eigenvalue weighted by Crippen LogP contribution is -2.64. The molecule has 2 aromatic heterocycles. The summed E-state index contributed by atoms with van der Waals surface area (Å²) in [5.74, 6) is -3.33. The molecule has 1 fully saturated rings. The van der Waals surface area contributed by atoms with Crippen LogP contribution in [0, 0.1) is 22.0 Å². The van der Waals surface area contributed by atoms with Gasteiger partial charge in [-0.15, -0.1) is 11.3 Å². The van der Waals surface area contributed by atoms with Gasteiger partial charge in [0.1, 0.15) is 22.5 Å². The number of aliphatic carboxylic acids is 1. The Morgan fingerprint density at radius 2 is 1.85 bits per heavy atom. The summed E-state index contributed by atoms with van der Waals surface area (Å²) in [6, 6.07) is 14.1. The van der Waals surface area contributed by atoms with Crippen molar-refractivity contribution < 1.29 is 29.5 Å². The lowest BCUT2D eigenvalue weighted by Gasteiger charge is -2.47. The maximum atomic E-state index is 13.2. The third-order valence-electron chi connectivity index (χ3n) is 7.52. The number of benzene rings is 2. The number of aliphatic hydroxyl groups is 1. The lowest BCUT2D eigenvalue weighted by atomic mass is 9.74. The van der Waals surface area contributed by atoms with Crippen molar-refractivity contribution in [1.29, 1.82) is 0 Å². The number of amides is 1. The largest absolute Gasteiger partial charge is 0.477 e. The number of rotatable bonds is 8. The molecular weight excluding hydrogens is 536 g/mol. The molecule has 4 aromatic rings. The Hall–Kier alpha value is -4.68. The molecule has 11 nitrogen and oxygen atoms in total. The van der Waals surface area contributed by atoms with E-state index in [1.807, 2.05) is 0 Å². The minimum absolute atomic E-state index is 0.0732. The minimum atomic E-state index is -1.28. The van der Waals surface area contributed by atoms with Crippen molar-refractivity contribution in [3.63, 3.8) is 0 Å². The first-order valence-corrected chi connectivity index (χ1v) is 13.3. The molecule has 0 bridgehead atoms. The number of aromatic nitrogens is 2. The highest BCUT2D eigenvalue weighted by molar-refractivity contribution is 7.18. The van der Waals surface area contributed by atoms with Crippen LogP contribution in [0.2, 0.25) is 0 Å². The number of nitrogens with zero attached hydrogens (tertiary/aromatic N) is 4. The number of imidazole rings is 1. The summed E-state index contributed by atoms with van der Waals surface area (Å²) in [5, 5.41) is 31.8. The van der Waals surface area contributed by atoms with Gasteiger partial charge in [0.25, 0.3) is 5.69 Å². The van der Waals surface area contributed by atoms with Crippen LogP contribution in [0.1, 0.15) is 33.4 Å². The molecule has 0 aliphatic carbocycles. The van der Waals surface area contributed by atoms with Crippen LogP contribution in [0.15, 0.2) is 72.8 Å². The average molecular weight is 559 g/mol. The molecular formula is C28H22N4O7S. The molecule has 1 unspecified atom stereocenters. The molecule has 4 heterocycles. The summed E-state index contributed by atoms with van der Waals surface area (Å²) in [5.41, 5.74) is 1.59. The number of hydrogen-bond acceptors (Lipinski definition) is 8. The highest BCUT2D eigenvalue weighted by atomic mass is 32.1. The molecule has 0 saturated carbocycles. The van der Waals surface area contributed by atoms with Crippen LogP contribution < -0.4 is 0 Å². The fourth-order valence-electron chi connectivity index (χ4n) is 5.74. The predicted molar refractivity (Wildman–Crippen MR) is 144 cm³/mol. The lowest BCUT2D eigenvalue weighted by molar-refractivity contribution is -0.384. The summed E-state index contributed by atoms with van der Waals surface area (Å²) in [6.45, 7) is 1.50. The number of thiazole rings is 1. The van der Waals surface area contributed by atoms with E-state index >= 15 is 0 Å². The van der Waals surface area contributed by atoms with Gasteiger partial charge in [0, 0.05) is 35.4 Å². The number of aliphatic hydroxyl groups excluding tert-OH is 1. The van der Waals surface area contributed by atoms with Gasteiger partial charge in [-0.25, -0.2) is 9.78 Å². The number of nitro groups is 1. The van der Waals surface area contributed by atoms with E-state index in [-0.39, 0.29) is 29.3 Å². The standard InChI is InChI=1S/C28H22N4O7S/c1-14(33)20-23-18(11-15-7-9-17(10-8-15)32(38)39)21(24(28(36)37)31(23)26(20)35)19-12-30-13-29-22(27(30)40-19)25(34)16-5-3-2-4-6-16/h2-10,12-14,18,20,23,33H,11H2,1H3,(H,36,37)/t14-,18?,20-,23-/m1/s1. The van der Waals surface area contributed by atoms with E-state index in [4.69, 9.17) is 0 Å². The zero-order valence-electron chi connectivity index (χ0n) is 21.0. The molecule has 202 valence electrons. The molecule has 2 aliphatic heterocycles. The number of carboxylic acid groups (broad SMARTS) is 1. The summed E-state index contributed by atoms with van der Waals surface area (Å²) >= 11 is 1.20. The SMILES string of the molecule is C[C@@H](O)[C@H]1C(=O)N2C(C(=O)O)=C(c3cn4cnc(C(=O)c5ccccc5)c4s3)C(Cc3ccc([N+](=O)[O-])cc3)[C@H]12. The van der Waals surface area contributed by atoms with Crippen molar-refractivity contribution in [2.75, 3.05) is 0 Å². The smallest absolute Gasteiger partial charge is 0.352 e. The molecule has 2 N–H and O–H groups in total. The average Bonchev–Trinajstić information content (AvgIpc) is 3.59. The van der Waals surface area contributed by atoms with Crippen LogP contribution in [0.25, 0.3) is 10.4 Å². The van der Waals surface area contributed by atoms with Gasteiger partial charge >= 0.3 is 5.97 Å². The second kappa shape index (κ2) is 9.50. The predicted octanol–water partition coefficient (Wildman–Crippen LogP) is 3.41. The van der Waals surface area contributed by atoms with Crippen molar-refractivity contribution in [3.8, 4) is 0 Å². The molecule has 1 saturated heterocycles. The highest BCUT2D eigenvalue weighted by Gasteiger charge is 2.61. The molecule has 1 amide bonds. The van der Waals surface area contributed by atoms with Gasteiger partial charge in [-0.05, 0) is 18.9 Å². The van der Waals surface area contributed by atoms with E-state index in [2.05, 4.69) is 4.98 Å². The van der Waals surface area contributed by atoms with Gasteiger partial charge < -0.3 is 15.1 Å². The van der Waals surface area contributed by atoms with E-state index in [1.165, 1.54) is 41.6 Å². The van der Waals surface area contributed by atoms with Crippen molar-refractivity contribution in [3.05, 3.63) is 105 Å². The fraction of sp³-hybridized carbons (Fsp3) is 0.214. The van der Waals surface area contributed by atoms with Gasteiger partial charge in [-0.1, -0.05) is 42.5 Å². The maximum Gasteiger partial charge on any atom is 0.352 e. The van der Waals surface area contributed by atoms with E-state index < -0.39 is 40.8 Å². The first kappa shape index (κ1) is 25.6. The molecule has 2 aliphatic rings. The Kier molecular flexibility index (Phi) is 6.08. The number of hydrogen-bond donors (Lipinski definition) is 2. The molecule has 2 aromatic carbocycles. The van der Waals surface area contributed by atoms with Crippen LogP contribution in [-0.4, -0.2) is 59.2 Å². The summed E-state index contributed by atoms with van der Waals surface area (Å²) < 4.78 is 1.66. The molecule has 12 heteroatoms. The third kappa shape index (κ3) is 3.91. The topological polar surface area (TPSA) is 155 Å². The first-order chi connectivity index (χ1) is 19.2. The summed E-state index contributed by atoms with van der Waals surface area (Å²) in [6.07, 6.45) is 2.47. The molecule has 4 atom stereocenters. The van der Waals surface area contributed by atoms with Gasteiger partial charge in [-0.3, -0.25) is 24.1 Å². The number of nitro benzene ring substituents is 1. The molecule has 0 spiro atoms. The Morgan fingerprint density at radius 1 is 1.15 bits per heavy atom. The number of ketones is 1. The minimum Gasteiger partial charge on any atom is -0.477 e. The number of carbonyl (C=O) groups excluding carboxylic acids is 2. The van der Waals surface area contributed by atoms with Gasteiger partial charge in [0.15, 0.2) is 0 Å².